The number of nitrogens with zero attached hydrogens (tertiary/aromatic N) is 4. The highest BCUT2D eigenvalue weighted by Gasteiger charge is 2.24. The molecule has 0 amide bonds. The lowest BCUT2D eigenvalue weighted by Crippen LogP contribution is -2.22. The maximum absolute atomic E-state index is 12.6. The smallest absolute Gasteiger partial charge is 0.340 e. The van der Waals surface area contributed by atoms with Crippen molar-refractivity contribution in [1.29, 1.82) is 0 Å². The van der Waals surface area contributed by atoms with E-state index in [0.717, 1.165) is 58.6 Å². The predicted molar refractivity (Wildman–Crippen MR) is 119 cm³/mol. The second-order valence-corrected chi connectivity index (χ2v) is 8.03. The van der Waals surface area contributed by atoms with Crippen molar-refractivity contribution in [3.8, 4) is 22.5 Å². The zero-order valence-corrected chi connectivity index (χ0v) is 17.5. The van der Waals surface area contributed by atoms with Crippen LogP contribution in [0.25, 0.3) is 33.4 Å². The van der Waals surface area contributed by atoms with Crippen molar-refractivity contribution in [2.45, 2.75) is 19.4 Å². The number of aryl methyl sites for hydroxylation is 1. The van der Waals surface area contributed by atoms with E-state index in [9.17, 15) is 4.79 Å². The molecule has 3 aromatic heterocycles. The highest BCUT2D eigenvalue weighted by Crippen LogP contribution is 2.31. The summed E-state index contributed by atoms with van der Waals surface area (Å²) in [6.45, 7) is 3.68. The Morgan fingerprint density at radius 3 is 2.90 bits per heavy atom. The molecule has 1 N–H and O–H groups in total. The van der Waals surface area contributed by atoms with E-state index in [1.807, 2.05) is 56.4 Å². The van der Waals surface area contributed by atoms with Crippen LogP contribution in [0.15, 0.2) is 54.9 Å². The second kappa shape index (κ2) is 7.92. The third kappa shape index (κ3) is 3.92. The standard InChI is InChI=1S/C24H23N5O2/c1-15-4-3-5-22(27-15)23-20(13-26-28-23)16-6-7-21-17(10-16)11-18(12-25-21)24(30)31-19-8-9-29(2)14-19/h3-7,10-13,19H,8-9,14H2,1-2H3,(H,26,28)/t19-/m0/s1. The van der Waals surface area contributed by atoms with Crippen molar-refractivity contribution in [1.82, 2.24) is 25.1 Å². The maximum atomic E-state index is 12.6. The molecule has 5 rings (SSSR count). The molecule has 1 aliphatic heterocycles. The fraction of sp³-hybridized carbons (Fsp3) is 0.250. The van der Waals surface area contributed by atoms with Crippen molar-refractivity contribution in [2.24, 2.45) is 0 Å². The first-order chi connectivity index (χ1) is 15.1. The number of ether oxygens (including phenoxy) is 1. The summed E-state index contributed by atoms with van der Waals surface area (Å²) in [5.41, 5.74) is 5.84. The summed E-state index contributed by atoms with van der Waals surface area (Å²) in [6, 6.07) is 13.7. The van der Waals surface area contributed by atoms with Gasteiger partial charge in [0.1, 0.15) is 6.10 Å². The fourth-order valence-electron chi connectivity index (χ4n) is 4.00. The van der Waals surface area contributed by atoms with E-state index < -0.39 is 0 Å². The minimum atomic E-state index is -0.326. The second-order valence-electron chi connectivity index (χ2n) is 8.03. The zero-order valence-electron chi connectivity index (χ0n) is 17.5. The summed E-state index contributed by atoms with van der Waals surface area (Å²) in [7, 11) is 2.03. The Kier molecular flexibility index (Phi) is 4.95. The van der Waals surface area contributed by atoms with Crippen LogP contribution in [0.2, 0.25) is 0 Å². The quantitative estimate of drug-likeness (QED) is 0.512. The number of fused-ring (bicyclic) bond motifs is 1. The number of aromatic nitrogens is 4. The van der Waals surface area contributed by atoms with Crippen molar-refractivity contribution in [3.63, 3.8) is 0 Å². The molecule has 0 unspecified atom stereocenters. The van der Waals surface area contributed by atoms with Gasteiger partial charge in [0.2, 0.25) is 0 Å². The largest absolute Gasteiger partial charge is 0.457 e. The van der Waals surface area contributed by atoms with E-state index in [4.69, 9.17) is 4.74 Å². The minimum absolute atomic E-state index is 0.0603. The summed E-state index contributed by atoms with van der Waals surface area (Å²) < 4.78 is 5.66. The first-order valence-corrected chi connectivity index (χ1v) is 10.3. The molecule has 0 spiro atoms. The van der Waals surface area contributed by atoms with Gasteiger partial charge in [-0.25, -0.2) is 4.79 Å². The third-order valence-corrected chi connectivity index (χ3v) is 5.63. The number of likely N-dealkylation sites (tertiary alicyclic amines) is 1. The molecule has 1 aliphatic rings. The molecule has 0 radical (unpaired) electrons. The molecule has 4 aromatic rings. The van der Waals surface area contributed by atoms with Crippen molar-refractivity contribution >= 4 is 16.9 Å². The fourth-order valence-corrected chi connectivity index (χ4v) is 4.00. The topological polar surface area (TPSA) is 84.0 Å². The van der Waals surface area contributed by atoms with Crippen LogP contribution in [0.4, 0.5) is 0 Å². The average molecular weight is 413 g/mol. The van der Waals surface area contributed by atoms with Gasteiger partial charge in [-0.1, -0.05) is 12.1 Å². The van der Waals surface area contributed by atoms with Crippen LogP contribution in [0.3, 0.4) is 0 Å². The van der Waals surface area contributed by atoms with Gasteiger partial charge in [-0.3, -0.25) is 15.1 Å². The number of pyridine rings is 2. The van der Waals surface area contributed by atoms with Crippen LogP contribution in [-0.2, 0) is 4.74 Å². The molecular weight excluding hydrogens is 390 g/mol. The lowest BCUT2D eigenvalue weighted by Gasteiger charge is -2.12. The summed E-state index contributed by atoms with van der Waals surface area (Å²) in [5.74, 6) is -0.326. The summed E-state index contributed by atoms with van der Waals surface area (Å²) in [4.78, 5) is 23.9. The number of esters is 1. The summed E-state index contributed by atoms with van der Waals surface area (Å²) in [5, 5.41) is 8.17. The first kappa shape index (κ1) is 19.4. The number of likely N-dealkylation sites (N-methyl/N-ethyl adjacent to an activating group) is 1. The first-order valence-electron chi connectivity index (χ1n) is 10.3. The van der Waals surface area contributed by atoms with E-state index in [1.165, 1.54) is 0 Å². The van der Waals surface area contributed by atoms with Crippen molar-refractivity contribution in [3.05, 3.63) is 66.1 Å². The highest BCUT2D eigenvalue weighted by atomic mass is 16.5. The normalized spacial score (nSPS) is 16.6. The Morgan fingerprint density at radius 1 is 1.19 bits per heavy atom. The molecule has 7 nitrogen and oxygen atoms in total. The highest BCUT2D eigenvalue weighted by molar-refractivity contribution is 5.95. The van der Waals surface area contributed by atoms with E-state index in [-0.39, 0.29) is 12.1 Å². The SMILES string of the molecule is Cc1cccc(-c2[nH]ncc2-c2ccc3ncc(C(=O)O[C@H]4CCN(C)C4)cc3c2)n1. The zero-order chi connectivity index (χ0) is 21.4. The van der Waals surface area contributed by atoms with Gasteiger partial charge < -0.3 is 9.64 Å². The van der Waals surface area contributed by atoms with Crippen molar-refractivity contribution in [2.75, 3.05) is 20.1 Å². The number of H-pyrrole nitrogens is 1. The van der Waals surface area contributed by atoms with Crippen LogP contribution in [-0.4, -0.2) is 57.3 Å². The maximum Gasteiger partial charge on any atom is 0.340 e. The predicted octanol–water partition coefficient (Wildman–Crippen LogP) is 3.86. The lowest BCUT2D eigenvalue weighted by atomic mass is 10.0. The Bertz CT molecular complexity index is 1270. The van der Waals surface area contributed by atoms with Crippen LogP contribution in [0.5, 0.6) is 0 Å². The van der Waals surface area contributed by atoms with Gasteiger partial charge in [0, 0.05) is 35.9 Å². The van der Waals surface area contributed by atoms with E-state index in [1.54, 1.807) is 12.4 Å². The van der Waals surface area contributed by atoms with Gasteiger partial charge in [0.05, 0.1) is 28.7 Å². The molecule has 156 valence electrons. The average Bonchev–Trinajstić information content (AvgIpc) is 3.42. The molecule has 0 aliphatic carbocycles. The molecule has 0 bridgehead atoms. The van der Waals surface area contributed by atoms with Crippen LogP contribution < -0.4 is 0 Å². The number of carbonyl (C=O) groups is 1. The van der Waals surface area contributed by atoms with Gasteiger partial charge >= 0.3 is 5.97 Å². The number of rotatable bonds is 4. The summed E-state index contributed by atoms with van der Waals surface area (Å²) in [6.07, 6.45) is 4.18. The van der Waals surface area contributed by atoms with E-state index in [0.29, 0.717) is 5.56 Å². The Balaban J connectivity index is 1.47. The molecule has 0 saturated carbocycles. The molecule has 1 atom stereocenters. The van der Waals surface area contributed by atoms with Crippen molar-refractivity contribution < 1.29 is 9.53 Å². The van der Waals surface area contributed by atoms with Gasteiger partial charge in [-0.2, -0.15) is 5.10 Å². The van der Waals surface area contributed by atoms with Crippen LogP contribution >= 0.6 is 0 Å². The van der Waals surface area contributed by atoms with Gasteiger partial charge in [0.15, 0.2) is 0 Å². The van der Waals surface area contributed by atoms with Gasteiger partial charge in [-0.05, 0) is 56.3 Å². The molecule has 7 heteroatoms. The molecule has 4 heterocycles. The monoisotopic (exact) mass is 413 g/mol. The van der Waals surface area contributed by atoms with Crippen LogP contribution in [0, 0.1) is 6.92 Å². The Hall–Kier alpha value is -3.58. The number of aromatic amines is 1. The number of nitrogens with one attached hydrogen (secondary N) is 1. The summed E-state index contributed by atoms with van der Waals surface area (Å²) >= 11 is 0. The van der Waals surface area contributed by atoms with E-state index in [2.05, 4.69) is 25.1 Å². The Labute approximate surface area is 180 Å². The minimum Gasteiger partial charge on any atom is -0.457 e. The number of hydrogen-bond acceptors (Lipinski definition) is 6. The number of hydrogen-bond donors (Lipinski definition) is 1. The number of carbonyl (C=O) groups excluding carboxylic acids is 1. The lowest BCUT2D eigenvalue weighted by molar-refractivity contribution is 0.0327. The molecule has 1 saturated heterocycles. The number of benzene rings is 1. The Morgan fingerprint density at radius 2 is 2.10 bits per heavy atom. The third-order valence-electron chi connectivity index (χ3n) is 5.63. The van der Waals surface area contributed by atoms with Gasteiger partial charge in [-0.15, -0.1) is 0 Å². The van der Waals surface area contributed by atoms with E-state index >= 15 is 0 Å². The van der Waals surface area contributed by atoms with Gasteiger partial charge in [0.25, 0.3) is 0 Å². The molecule has 1 fully saturated rings. The van der Waals surface area contributed by atoms with Crippen LogP contribution in [0.1, 0.15) is 22.5 Å². The molecule has 1 aromatic carbocycles. The molecule has 31 heavy (non-hydrogen) atoms. The molecular formula is C24H23N5O2.